The number of hydrogen-bond acceptors (Lipinski definition) is 3. The van der Waals surface area contributed by atoms with Crippen LogP contribution in [0.15, 0.2) is 0 Å². The van der Waals surface area contributed by atoms with Gasteiger partial charge < -0.3 is 10.2 Å². The van der Waals surface area contributed by atoms with Gasteiger partial charge in [0.15, 0.2) is 0 Å². The monoisotopic (exact) mass is 241 g/mol. The summed E-state index contributed by atoms with van der Waals surface area (Å²) in [7, 11) is 4.39. The van der Waals surface area contributed by atoms with Gasteiger partial charge in [0.2, 0.25) is 0 Å². The summed E-state index contributed by atoms with van der Waals surface area (Å²) in [6.45, 7) is 11.7. The quantitative estimate of drug-likeness (QED) is 0.684. The molecule has 1 fully saturated rings. The topological polar surface area (TPSA) is 18.5 Å². The molecule has 0 bridgehead atoms. The molecule has 1 heterocycles. The van der Waals surface area contributed by atoms with Crippen molar-refractivity contribution in [2.45, 2.75) is 45.7 Å². The molecule has 0 radical (unpaired) electrons. The van der Waals surface area contributed by atoms with Crippen molar-refractivity contribution < 1.29 is 0 Å². The van der Waals surface area contributed by atoms with Crippen LogP contribution in [-0.4, -0.2) is 62.2 Å². The van der Waals surface area contributed by atoms with Gasteiger partial charge in [-0.1, -0.05) is 13.8 Å². The van der Waals surface area contributed by atoms with Crippen LogP contribution in [0.3, 0.4) is 0 Å². The second-order valence-electron chi connectivity index (χ2n) is 6.14. The van der Waals surface area contributed by atoms with E-state index in [-0.39, 0.29) is 0 Å². The minimum absolute atomic E-state index is 0.722. The Morgan fingerprint density at radius 2 is 2.00 bits per heavy atom. The van der Waals surface area contributed by atoms with E-state index in [4.69, 9.17) is 0 Å². The zero-order chi connectivity index (χ0) is 12.8. The highest BCUT2D eigenvalue weighted by Crippen LogP contribution is 2.17. The third kappa shape index (κ3) is 5.36. The lowest BCUT2D eigenvalue weighted by Gasteiger charge is -2.26. The fraction of sp³-hybridized carbons (Fsp3) is 1.00. The molecule has 0 aliphatic carbocycles. The Hall–Kier alpha value is -0.120. The number of rotatable bonds is 7. The van der Waals surface area contributed by atoms with Crippen LogP contribution in [0.2, 0.25) is 0 Å². The zero-order valence-corrected chi connectivity index (χ0v) is 12.4. The molecule has 102 valence electrons. The molecule has 3 nitrogen and oxygen atoms in total. The maximum atomic E-state index is 3.54. The highest BCUT2D eigenvalue weighted by molar-refractivity contribution is 4.83. The average molecular weight is 241 g/mol. The molecule has 3 heteroatoms. The van der Waals surface area contributed by atoms with E-state index in [1.807, 2.05) is 0 Å². The van der Waals surface area contributed by atoms with Gasteiger partial charge in [0.05, 0.1) is 0 Å². The molecule has 2 unspecified atom stereocenters. The average Bonchev–Trinajstić information content (AvgIpc) is 2.73. The van der Waals surface area contributed by atoms with E-state index < -0.39 is 0 Å². The second-order valence-corrected chi connectivity index (χ2v) is 6.14. The van der Waals surface area contributed by atoms with Crippen LogP contribution in [0.25, 0.3) is 0 Å². The van der Waals surface area contributed by atoms with E-state index in [1.54, 1.807) is 0 Å². The van der Waals surface area contributed by atoms with Gasteiger partial charge >= 0.3 is 0 Å². The van der Waals surface area contributed by atoms with Gasteiger partial charge in [-0.05, 0) is 52.9 Å². The summed E-state index contributed by atoms with van der Waals surface area (Å²) < 4.78 is 0. The Bertz CT molecular complexity index is 204. The molecule has 17 heavy (non-hydrogen) atoms. The van der Waals surface area contributed by atoms with Crippen molar-refractivity contribution in [1.29, 1.82) is 0 Å². The first-order chi connectivity index (χ1) is 8.00. The Labute approximate surface area is 108 Å². The van der Waals surface area contributed by atoms with Gasteiger partial charge in [0.25, 0.3) is 0 Å². The molecule has 1 saturated heterocycles. The Balaban J connectivity index is 2.14. The Morgan fingerprint density at radius 1 is 1.29 bits per heavy atom. The van der Waals surface area contributed by atoms with Crippen molar-refractivity contribution in [3.63, 3.8) is 0 Å². The van der Waals surface area contributed by atoms with Crippen molar-refractivity contribution in [3.8, 4) is 0 Å². The lowest BCUT2D eigenvalue weighted by atomic mass is 10.2. The van der Waals surface area contributed by atoms with Gasteiger partial charge in [0, 0.05) is 25.2 Å². The standard InChI is InChI=1S/C14H31N3/c1-12(2)10-15-8-6-13(3)17-9-7-14(11-17)16(4)5/h12-15H,6-11H2,1-5H3. The highest BCUT2D eigenvalue weighted by atomic mass is 15.2. The fourth-order valence-corrected chi connectivity index (χ4v) is 2.47. The summed E-state index contributed by atoms with van der Waals surface area (Å²) >= 11 is 0. The Kier molecular flexibility index (Phi) is 6.45. The van der Waals surface area contributed by atoms with Gasteiger partial charge in [-0.15, -0.1) is 0 Å². The normalized spacial score (nSPS) is 23.8. The number of hydrogen-bond donors (Lipinski definition) is 1. The Morgan fingerprint density at radius 3 is 2.53 bits per heavy atom. The first-order valence-electron chi connectivity index (χ1n) is 7.12. The molecule has 1 rings (SSSR count). The molecule has 2 atom stereocenters. The number of nitrogens with one attached hydrogen (secondary N) is 1. The predicted octanol–water partition coefficient (Wildman–Crippen LogP) is 1.65. The molecule has 0 spiro atoms. The summed E-state index contributed by atoms with van der Waals surface area (Å²) in [5.74, 6) is 0.759. The minimum atomic E-state index is 0.722. The highest BCUT2D eigenvalue weighted by Gasteiger charge is 2.26. The largest absolute Gasteiger partial charge is 0.316 e. The summed E-state index contributed by atoms with van der Waals surface area (Å²) in [5, 5.41) is 3.54. The van der Waals surface area contributed by atoms with Crippen molar-refractivity contribution in [2.24, 2.45) is 5.92 Å². The third-order valence-corrected chi connectivity index (χ3v) is 3.84. The number of likely N-dealkylation sites (N-methyl/N-ethyl adjacent to an activating group) is 1. The van der Waals surface area contributed by atoms with Crippen LogP contribution < -0.4 is 5.32 Å². The zero-order valence-electron chi connectivity index (χ0n) is 12.4. The third-order valence-electron chi connectivity index (χ3n) is 3.84. The van der Waals surface area contributed by atoms with Gasteiger partial charge in [-0.2, -0.15) is 0 Å². The van der Waals surface area contributed by atoms with E-state index >= 15 is 0 Å². The smallest absolute Gasteiger partial charge is 0.0229 e. The van der Waals surface area contributed by atoms with Crippen molar-refractivity contribution in [2.75, 3.05) is 40.3 Å². The molecule has 1 aliphatic heterocycles. The van der Waals surface area contributed by atoms with E-state index in [9.17, 15) is 0 Å². The second kappa shape index (κ2) is 7.34. The summed E-state index contributed by atoms with van der Waals surface area (Å²) in [6.07, 6.45) is 2.60. The molecule has 1 N–H and O–H groups in total. The lowest BCUT2D eigenvalue weighted by molar-refractivity contribution is 0.217. The van der Waals surface area contributed by atoms with E-state index in [2.05, 4.69) is 50.0 Å². The van der Waals surface area contributed by atoms with Crippen molar-refractivity contribution >= 4 is 0 Å². The maximum Gasteiger partial charge on any atom is 0.0229 e. The van der Waals surface area contributed by atoms with Gasteiger partial charge in [0.1, 0.15) is 0 Å². The maximum absolute atomic E-state index is 3.54. The first-order valence-corrected chi connectivity index (χ1v) is 7.12. The summed E-state index contributed by atoms with van der Waals surface area (Å²) in [6, 6.07) is 1.49. The number of nitrogens with zero attached hydrogens (tertiary/aromatic N) is 2. The fourth-order valence-electron chi connectivity index (χ4n) is 2.47. The number of likely N-dealkylation sites (tertiary alicyclic amines) is 1. The van der Waals surface area contributed by atoms with Crippen LogP contribution in [-0.2, 0) is 0 Å². The molecular formula is C14H31N3. The summed E-state index contributed by atoms with van der Waals surface area (Å²) in [4.78, 5) is 5.01. The van der Waals surface area contributed by atoms with Gasteiger partial charge in [-0.25, -0.2) is 0 Å². The van der Waals surface area contributed by atoms with Crippen LogP contribution in [0.1, 0.15) is 33.6 Å². The molecule has 0 aromatic rings. The van der Waals surface area contributed by atoms with E-state index in [0.717, 1.165) is 31.1 Å². The SMILES string of the molecule is CC(C)CNCCC(C)N1CCC(N(C)C)C1. The molecule has 0 aromatic carbocycles. The molecule has 1 aliphatic rings. The minimum Gasteiger partial charge on any atom is -0.316 e. The first kappa shape index (κ1) is 14.9. The predicted molar refractivity (Wildman–Crippen MR) is 75.5 cm³/mol. The summed E-state index contributed by atoms with van der Waals surface area (Å²) in [5.41, 5.74) is 0. The van der Waals surface area contributed by atoms with Crippen molar-refractivity contribution in [3.05, 3.63) is 0 Å². The van der Waals surface area contributed by atoms with Gasteiger partial charge in [-0.3, -0.25) is 4.90 Å². The van der Waals surface area contributed by atoms with E-state index in [1.165, 1.54) is 25.9 Å². The molecule has 0 aromatic heterocycles. The molecule has 0 saturated carbocycles. The van der Waals surface area contributed by atoms with Crippen LogP contribution in [0, 0.1) is 5.92 Å². The molecule has 0 amide bonds. The lowest BCUT2D eigenvalue weighted by Crippen LogP contribution is -2.37. The van der Waals surface area contributed by atoms with Crippen LogP contribution in [0.4, 0.5) is 0 Å². The van der Waals surface area contributed by atoms with Crippen LogP contribution in [0.5, 0.6) is 0 Å². The molecular weight excluding hydrogens is 210 g/mol. The van der Waals surface area contributed by atoms with E-state index in [0.29, 0.717) is 0 Å². The van der Waals surface area contributed by atoms with Crippen LogP contribution >= 0.6 is 0 Å². The van der Waals surface area contributed by atoms with Crippen molar-refractivity contribution in [1.82, 2.24) is 15.1 Å².